The molecule has 2 atom stereocenters. The normalized spacial score (nSPS) is 26.1. The van der Waals surface area contributed by atoms with Crippen molar-refractivity contribution in [3.05, 3.63) is 53.6 Å². The van der Waals surface area contributed by atoms with Crippen LogP contribution in [0.3, 0.4) is 0 Å². The van der Waals surface area contributed by atoms with Crippen LogP contribution in [-0.4, -0.2) is 37.6 Å². The molecule has 2 nitrogen and oxygen atoms in total. The predicted octanol–water partition coefficient (Wildman–Crippen LogP) is 3.52. The van der Waals surface area contributed by atoms with E-state index in [1.165, 1.54) is 54.9 Å². The molecular formula is C20H22N2. The summed E-state index contributed by atoms with van der Waals surface area (Å²) in [5, 5.41) is 0. The van der Waals surface area contributed by atoms with Crippen LogP contribution in [0.2, 0.25) is 0 Å². The highest BCUT2D eigenvalue weighted by Crippen LogP contribution is 2.50. The van der Waals surface area contributed by atoms with Gasteiger partial charge in [0.2, 0.25) is 0 Å². The van der Waals surface area contributed by atoms with Crippen LogP contribution in [0.5, 0.6) is 0 Å². The molecule has 0 bridgehead atoms. The lowest BCUT2D eigenvalue weighted by Gasteiger charge is -2.37. The van der Waals surface area contributed by atoms with Crippen molar-refractivity contribution < 1.29 is 0 Å². The van der Waals surface area contributed by atoms with Gasteiger partial charge >= 0.3 is 0 Å². The number of para-hydroxylation sites is 1. The van der Waals surface area contributed by atoms with Gasteiger partial charge in [0.05, 0.1) is 0 Å². The second-order valence-corrected chi connectivity index (χ2v) is 7.07. The Kier molecular flexibility index (Phi) is 2.66. The van der Waals surface area contributed by atoms with Crippen LogP contribution >= 0.6 is 0 Å². The van der Waals surface area contributed by atoms with Gasteiger partial charge in [-0.15, -0.1) is 0 Å². The van der Waals surface area contributed by atoms with Gasteiger partial charge in [-0.1, -0.05) is 42.5 Å². The number of benzene rings is 2. The molecule has 0 amide bonds. The van der Waals surface area contributed by atoms with Gasteiger partial charge in [-0.05, 0) is 43.1 Å². The minimum absolute atomic E-state index is 0.693. The van der Waals surface area contributed by atoms with Crippen LogP contribution in [0.1, 0.15) is 23.5 Å². The molecule has 0 unspecified atom stereocenters. The summed E-state index contributed by atoms with van der Waals surface area (Å²) in [6, 6.07) is 16.7. The van der Waals surface area contributed by atoms with Gasteiger partial charge < -0.3 is 9.80 Å². The number of piperidine rings is 1. The fourth-order valence-corrected chi connectivity index (χ4v) is 4.87. The van der Waals surface area contributed by atoms with E-state index in [9.17, 15) is 0 Å². The first-order chi connectivity index (χ1) is 10.8. The van der Waals surface area contributed by atoms with Gasteiger partial charge in [0, 0.05) is 36.3 Å². The molecule has 0 aliphatic carbocycles. The molecule has 0 radical (unpaired) electrons. The summed E-state index contributed by atoms with van der Waals surface area (Å²) in [5.74, 6) is 0.693. The van der Waals surface area contributed by atoms with Gasteiger partial charge in [-0.25, -0.2) is 0 Å². The van der Waals surface area contributed by atoms with Gasteiger partial charge in [-0.2, -0.15) is 0 Å². The van der Waals surface area contributed by atoms with Gasteiger partial charge in [-0.3, -0.25) is 0 Å². The van der Waals surface area contributed by atoms with E-state index in [0.717, 1.165) is 0 Å². The maximum atomic E-state index is 2.74. The van der Waals surface area contributed by atoms with E-state index in [-0.39, 0.29) is 0 Å². The molecule has 112 valence electrons. The Labute approximate surface area is 132 Å². The predicted molar refractivity (Wildman–Crippen MR) is 91.6 cm³/mol. The van der Waals surface area contributed by atoms with Crippen LogP contribution in [0.4, 0.5) is 5.69 Å². The maximum Gasteiger partial charge on any atom is 0.0485 e. The molecule has 1 saturated heterocycles. The summed E-state index contributed by atoms with van der Waals surface area (Å²) in [7, 11) is 2.27. The summed E-state index contributed by atoms with van der Waals surface area (Å²) in [4.78, 5) is 5.24. The van der Waals surface area contributed by atoms with Crippen molar-refractivity contribution in [2.45, 2.75) is 24.8 Å². The minimum atomic E-state index is 0.693. The molecule has 0 spiro atoms. The molecule has 5 rings (SSSR count). The van der Waals surface area contributed by atoms with Crippen LogP contribution in [0.15, 0.2) is 42.5 Å². The zero-order chi connectivity index (χ0) is 14.7. The number of anilines is 1. The Bertz CT molecular complexity index is 736. The van der Waals surface area contributed by atoms with Gasteiger partial charge in [0.25, 0.3) is 0 Å². The third-order valence-electron chi connectivity index (χ3n) is 5.86. The fraction of sp³-hybridized carbons (Fsp3) is 0.400. The molecule has 3 heterocycles. The average molecular weight is 290 g/mol. The van der Waals surface area contributed by atoms with E-state index in [2.05, 4.69) is 59.3 Å². The summed E-state index contributed by atoms with van der Waals surface area (Å²) in [5.41, 5.74) is 7.55. The number of rotatable bonds is 0. The number of fused-ring (bicyclic) bond motifs is 5. The zero-order valence-corrected chi connectivity index (χ0v) is 13.1. The number of hydrogen-bond donors (Lipinski definition) is 0. The molecule has 22 heavy (non-hydrogen) atoms. The largest absolute Gasteiger partial charge is 0.367 e. The third kappa shape index (κ3) is 1.65. The SMILES string of the molecule is CN1CC[C@@H]2[C@H](C1)c1cccc3c1N2CCc1ccccc1-3. The lowest BCUT2D eigenvalue weighted by Crippen LogP contribution is -2.45. The van der Waals surface area contributed by atoms with Crippen molar-refractivity contribution >= 4 is 5.69 Å². The van der Waals surface area contributed by atoms with Crippen molar-refractivity contribution in [3.8, 4) is 11.1 Å². The Morgan fingerprint density at radius 2 is 1.82 bits per heavy atom. The average Bonchev–Trinajstić information content (AvgIpc) is 2.75. The molecule has 1 fully saturated rings. The maximum absolute atomic E-state index is 2.74. The standard InChI is InChI=1S/C20H22N2/c1-21-11-10-19-18(13-21)17-8-4-7-16-15-6-3-2-5-14(15)9-12-22(19)20(16)17/h2-8,18-19H,9-13H2,1H3/t18-,19-/m1/s1. The number of nitrogens with zero attached hydrogens (tertiary/aromatic N) is 2. The second kappa shape index (κ2) is 4.60. The molecule has 0 saturated carbocycles. The molecule has 2 aromatic rings. The first-order valence-electron chi connectivity index (χ1n) is 8.49. The fourth-order valence-electron chi connectivity index (χ4n) is 4.87. The van der Waals surface area contributed by atoms with E-state index in [1.807, 2.05) is 0 Å². The van der Waals surface area contributed by atoms with Crippen LogP contribution in [0.25, 0.3) is 11.1 Å². The van der Waals surface area contributed by atoms with Crippen LogP contribution in [0, 0.1) is 0 Å². The second-order valence-electron chi connectivity index (χ2n) is 7.07. The van der Waals surface area contributed by atoms with E-state index in [4.69, 9.17) is 0 Å². The minimum Gasteiger partial charge on any atom is -0.367 e. The lowest BCUT2D eigenvalue weighted by atomic mass is 9.87. The highest BCUT2D eigenvalue weighted by atomic mass is 15.2. The highest BCUT2D eigenvalue weighted by Gasteiger charge is 2.42. The Hall–Kier alpha value is -1.80. The topological polar surface area (TPSA) is 6.48 Å². The monoisotopic (exact) mass is 290 g/mol. The quantitative estimate of drug-likeness (QED) is 0.732. The van der Waals surface area contributed by atoms with Gasteiger partial charge in [0.15, 0.2) is 0 Å². The van der Waals surface area contributed by atoms with Crippen LogP contribution in [-0.2, 0) is 6.42 Å². The zero-order valence-electron chi connectivity index (χ0n) is 13.1. The van der Waals surface area contributed by atoms with Crippen molar-refractivity contribution in [1.82, 2.24) is 4.90 Å². The van der Waals surface area contributed by atoms with E-state index >= 15 is 0 Å². The highest BCUT2D eigenvalue weighted by molar-refractivity contribution is 5.86. The molecule has 2 heteroatoms. The first kappa shape index (κ1) is 12.7. The number of likely N-dealkylation sites (N-methyl/N-ethyl adjacent to an activating group) is 1. The van der Waals surface area contributed by atoms with Gasteiger partial charge in [0.1, 0.15) is 0 Å². The molecule has 2 aromatic carbocycles. The Morgan fingerprint density at radius 1 is 0.955 bits per heavy atom. The van der Waals surface area contributed by atoms with Crippen molar-refractivity contribution in [3.63, 3.8) is 0 Å². The molecule has 0 aromatic heterocycles. The first-order valence-corrected chi connectivity index (χ1v) is 8.49. The summed E-state index contributed by atoms with van der Waals surface area (Å²) in [6.07, 6.45) is 2.47. The van der Waals surface area contributed by atoms with E-state index in [1.54, 1.807) is 5.56 Å². The Morgan fingerprint density at radius 3 is 2.77 bits per heavy atom. The van der Waals surface area contributed by atoms with Crippen molar-refractivity contribution in [1.29, 1.82) is 0 Å². The van der Waals surface area contributed by atoms with Crippen molar-refractivity contribution in [2.75, 3.05) is 31.6 Å². The lowest BCUT2D eigenvalue weighted by molar-refractivity contribution is 0.231. The molecule has 3 aliphatic heterocycles. The molecule has 0 N–H and O–H groups in total. The van der Waals surface area contributed by atoms with E-state index < -0.39 is 0 Å². The van der Waals surface area contributed by atoms with Crippen LogP contribution < -0.4 is 4.90 Å². The Balaban J connectivity index is 1.74. The summed E-state index contributed by atoms with van der Waals surface area (Å²) >= 11 is 0. The summed E-state index contributed by atoms with van der Waals surface area (Å²) in [6.45, 7) is 3.61. The third-order valence-corrected chi connectivity index (χ3v) is 5.86. The molecular weight excluding hydrogens is 268 g/mol. The number of likely N-dealkylation sites (tertiary alicyclic amines) is 1. The van der Waals surface area contributed by atoms with Crippen molar-refractivity contribution in [2.24, 2.45) is 0 Å². The number of hydrogen-bond acceptors (Lipinski definition) is 2. The molecule has 3 aliphatic rings. The summed E-state index contributed by atoms with van der Waals surface area (Å²) < 4.78 is 0. The van der Waals surface area contributed by atoms with E-state index in [0.29, 0.717) is 12.0 Å². The smallest absolute Gasteiger partial charge is 0.0485 e.